The van der Waals surface area contributed by atoms with Crippen LogP contribution in [0.3, 0.4) is 0 Å². The van der Waals surface area contributed by atoms with Crippen LogP contribution in [-0.2, 0) is 11.3 Å². The summed E-state index contributed by atoms with van der Waals surface area (Å²) in [6.45, 7) is 3.10. The maximum Gasteiger partial charge on any atom is 0.254 e. The van der Waals surface area contributed by atoms with Crippen LogP contribution in [0.5, 0.6) is 17.2 Å². The minimum Gasteiger partial charge on any atom is -0.493 e. The van der Waals surface area contributed by atoms with E-state index in [1.807, 2.05) is 31.2 Å². The molecule has 0 fully saturated rings. The van der Waals surface area contributed by atoms with Gasteiger partial charge in [0.1, 0.15) is 5.69 Å². The summed E-state index contributed by atoms with van der Waals surface area (Å²) in [5.41, 5.74) is 3.04. The number of rotatable bonds is 10. The summed E-state index contributed by atoms with van der Waals surface area (Å²) in [6.07, 6.45) is 0. The van der Waals surface area contributed by atoms with E-state index < -0.39 is 0 Å². The third-order valence-electron chi connectivity index (χ3n) is 5.01. The molecule has 0 radical (unpaired) electrons. The quantitative estimate of drug-likeness (QED) is 0.472. The number of ether oxygens (including phenoxy) is 4. The molecular weight excluding hydrogens is 412 g/mol. The number of hydrogen-bond donors (Lipinski definition) is 0. The first-order chi connectivity index (χ1) is 15.5. The summed E-state index contributed by atoms with van der Waals surface area (Å²) < 4.78 is 26.9. The lowest BCUT2D eigenvalue weighted by molar-refractivity contribution is 0.0676. The van der Waals surface area contributed by atoms with Crippen LogP contribution < -0.4 is 14.2 Å². The van der Waals surface area contributed by atoms with Gasteiger partial charge < -0.3 is 28.4 Å². The molecule has 0 saturated heterocycles. The summed E-state index contributed by atoms with van der Waals surface area (Å²) in [5, 5.41) is 4.16. The molecule has 32 heavy (non-hydrogen) atoms. The number of carbonyl (C=O) groups excluding carboxylic acids is 1. The van der Waals surface area contributed by atoms with Gasteiger partial charge in [-0.15, -0.1) is 0 Å². The predicted octanol–water partition coefficient (Wildman–Crippen LogP) is 3.96. The predicted molar refractivity (Wildman–Crippen MR) is 119 cm³/mol. The Labute approximate surface area is 187 Å². The van der Waals surface area contributed by atoms with Gasteiger partial charge in [-0.3, -0.25) is 4.79 Å². The molecule has 8 heteroatoms. The van der Waals surface area contributed by atoms with Crippen molar-refractivity contribution in [2.45, 2.75) is 13.5 Å². The molecule has 1 heterocycles. The Balaban J connectivity index is 1.85. The molecule has 0 atom stereocenters. The Hall–Kier alpha value is -3.52. The highest BCUT2D eigenvalue weighted by Gasteiger charge is 2.20. The molecule has 0 saturated carbocycles. The maximum atomic E-state index is 13.0. The largest absolute Gasteiger partial charge is 0.493 e. The summed E-state index contributed by atoms with van der Waals surface area (Å²) in [5.74, 6) is 1.94. The smallest absolute Gasteiger partial charge is 0.254 e. The summed E-state index contributed by atoms with van der Waals surface area (Å²) in [7, 11) is 6.26. The molecule has 0 unspecified atom stereocenters. The molecule has 0 N–H and O–H groups in total. The number of hydrogen-bond acceptors (Lipinski definition) is 7. The van der Waals surface area contributed by atoms with Gasteiger partial charge in [-0.25, -0.2) is 0 Å². The molecule has 0 aliphatic heterocycles. The highest BCUT2D eigenvalue weighted by atomic mass is 16.5. The first kappa shape index (κ1) is 23.1. The van der Waals surface area contributed by atoms with Gasteiger partial charge in [0, 0.05) is 30.8 Å². The third-order valence-corrected chi connectivity index (χ3v) is 5.01. The van der Waals surface area contributed by atoms with Gasteiger partial charge in [0.25, 0.3) is 5.91 Å². The van der Waals surface area contributed by atoms with E-state index in [0.29, 0.717) is 53.0 Å². The zero-order valence-corrected chi connectivity index (χ0v) is 19.0. The summed E-state index contributed by atoms with van der Waals surface area (Å²) in [4.78, 5) is 14.7. The van der Waals surface area contributed by atoms with Crippen molar-refractivity contribution in [3.05, 3.63) is 59.3 Å². The second-order valence-corrected chi connectivity index (χ2v) is 7.18. The van der Waals surface area contributed by atoms with Crippen LogP contribution >= 0.6 is 0 Å². The number of aryl methyl sites for hydroxylation is 1. The van der Waals surface area contributed by atoms with Crippen molar-refractivity contribution in [3.8, 4) is 28.6 Å². The third kappa shape index (κ3) is 5.20. The number of nitrogens with zero attached hydrogens (tertiary/aromatic N) is 2. The topological polar surface area (TPSA) is 83.3 Å². The fourth-order valence-electron chi connectivity index (χ4n) is 3.27. The monoisotopic (exact) mass is 440 g/mol. The number of aromatic nitrogens is 1. The van der Waals surface area contributed by atoms with E-state index in [0.717, 1.165) is 5.56 Å². The van der Waals surface area contributed by atoms with Crippen molar-refractivity contribution in [1.82, 2.24) is 10.1 Å². The number of methoxy groups -OCH3 is 4. The lowest BCUT2D eigenvalue weighted by atomic mass is 10.1. The normalized spacial score (nSPS) is 10.7. The minimum absolute atomic E-state index is 0.0978. The molecule has 1 amide bonds. The average molecular weight is 440 g/mol. The molecule has 8 nitrogen and oxygen atoms in total. The van der Waals surface area contributed by atoms with Crippen molar-refractivity contribution in [2.75, 3.05) is 41.6 Å². The molecule has 3 rings (SSSR count). The second kappa shape index (κ2) is 10.7. The number of benzene rings is 2. The van der Waals surface area contributed by atoms with E-state index in [4.69, 9.17) is 23.5 Å². The van der Waals surface area contributed by atoms with E-state index in [2.05, 4.69) is 5.16 Å². The first-order valence-electron chi connectivity index (χ1n) is 10.1. The summed E-state index contributed by atoms with van der Waals surface area (Å²) in [6, 6.07) is 12.8. The van der Waals surface area contributed by atoms with Crippen molar-refractivity contribution < 1.29 is 28.3 Å². The zero-order chi connectivity index (χ0) is 23.1. The highest BCUT2D eigenvalue weighted by Crippen LogP contribution is 2.41. The fraction of sp³-hybridized carbons (Fsp3) is 0.333. The van der Waals surface area contributed by atoms with E-state index >= 15 is 0 Å². The van der Waals surface area contributed by atoms with Crippen LogP contribution in [-0.4, -0.2) is 57.6 Å². The molecule has 0 aliphatic rings. The van der Waals surface area contributed by atoms with Gasteiger partial charge in [0.2, 0.25) is 5.75 Å². The Morgan fingerprint density at radius 3 is 2.19 bits per heavy atom. The molecule has 170 valence electrons. The number of carbonyl (C=O) groups is 1. The Kier molecular flexibility index (Phi) is 7.72. The Morgan fingerprint density at radius 1 is 0.969 bits per heavy atom. The second-order valence-electron chi connectivity index (χ2n) is 7.18. The van der Waals surface area contributed by atoms with E-state index in [1.54, 1.807) is 51.5 Å². The molecule has 0 aliphatic carbocycles. The average Bonchev–Trinajstić information content (AvgIpc) is 3.29. The van der Waals surface area contributed by atoms with Crippen molar-refractivity contribution in [3.63, 3.8) is 0 Å². The zero-order valence-electron chi connectivity index (χ0n) is 19.0. The van der Waals surface area contributed by atoms with Crippen LogP contribution in [0, 0.1) is 6.92 Å². The van der Waals surface area contributed by atoms with Crippen molar-refractivity contribution in [2.24, 2.45) is 0 Å². The standard InChI is InChI=1S/C24H28N2O6/c1-16-6-8-17(9-7-16)24(27)26(10-11-28-2)15-19-14-20(32-25-19)18-12-21(29-3)23(31-5)22(13-18)30-4/h6-9,12-14H,10-11,15H2,1-5H3. The van der Waals surface area contributed by atoms with Gasteiger partial charge in [-0.05, 0) is 31.2 Å². The van der Waals surface area contributed by atoms with E-state index in [-0.39, 0.29) is 12.5 Å². The van der Waals surface area contributed by atoms with E-state index in [1.165, 1.54) is 0 Å². The number of amides is 1. The SMILES string of the molecule is COCCN(Cc1cc(-c2cc(OC)c(OC)c(OC)c2)on1)C(=O)c1ccc(C)cc1. The molecule has 0 bridgehead atoms. The van der Waals surface area contributed by atoms with Crippen LogP contribution in [0.2, 0.25) is 0 Å². The molecule has 2 aromatic carbocycles. The molecule has 3 aromatic rings. The molecule has 1 aromatic heterocycles. The lowest BCUT2D eigenvalue weighted by Gasteiger charge is -2.21. The van der Waals surface area contributed by atoms with Gasteiger partial charge in [-0.1, -0.05) is 22.9 Å². The van der Waals surface area contributed by atoms with Gasteiger partial charge in [-0.2, -0.15) is 0 Å². The molecular formula is C24H28N2O6. The van der Waals surface area contributed by atoms with Crippen molar-refractivity contribution >= 4 is 5.91 Å². The van der Waals surface area contributed by atoms with Crippen LogP contribution in [0.15, 0.2) is 47.0 Å². The Bertz CT molecular complexity index is 1020. The molecule has 0 spiro atoms. The first-order valence-corrected chi connectivity index (χ1v) is 10.1. The maximum absolute atomic E-state index is 13.0. The van der Waals surface area contributed by atoms with Gasteiger partial charge in [0.05, 0.1) is 34.5 Å². The van der Waals surface area contributed by atoms with Gasteiger partial charge >= 0.3 is 0 Å². The van der Waals surface area contributed by atoms with Gasteiger partial charge in [0.15, 0.2) is 17.3 Å². The van der Waals surface area contributed by atoms with Crippen LogP contribution in [0.25, 0.3) is 11.3 Å². The minimum atomic E-state index is -0.0978. The Morgan fingerprint density at radius 2 is 1.62 bits per heavy atom. The van der Waals surface area contributed by atoms with Crippen LogP contribution in [0.4, 0.5) is 0 Å². The van der Waals surface area contributed by atoms with Crippen LogP contribution in [0.1, 0.15) is 21.6 Å². The fourth-order valence-corrected chi connectivity index (χ4v) is 3.27. The van der Waals surface area contributed by atoms with Crippen molar-refractivity contribution in [1.29, 1.82) is 0 Å². The lowest BCUT2D eigenvalue weighted by Crippen LogP contribution is -2.33. The highest BCUT2D eigenvalue weighted by molar-refractivity contribution is 5.94. The van der Waals surface area contributed by atoms with E-state index in [9.17, 15) is 4.79 Å². The summed E-state index contributed by atoms with van der Waals surface area (Å²) >= 11 is 0.